The van der Waals surface area contributed by atoms with Crippen molar-refractivity contribution in [1.29, 1.82) is 0 Å². The zero-order valence-electron chi connectivity index (χ0n) is 18.8. The summed E-state index contributed by atoms with van der Waals surface area (Å²) in [7, 11) is -3.65. The van der Waals surface area contributed by atoms with E-state index in [1.165, 1.54) is 0 Å². The third-order valence-electron chi connectivity index (χ3n) is 6.20. The molecule has 0 saturated heterocycles. The van der Waals surface area contributed by atoms with Crippen molar-refractivity contribution < 1.29 is 8.42 Å². The summed E-state index contributed by atoms with van der Waals surface area (Å²) < 4.78 is 27.4. The van der Waals surface area contributed by atoms with E-state index in [1.54, 1.807) is 12.1 Å². The maximum absolute atomic E-state index is 13.7. The summed E-state index contributed by atoms with van der Waals surface area (Å²) >= 11 is 0. The molecule has 6 rings (SSSR count). The molecule has 0 saturated carbocycles. The lowest BCUT2D eigenvalue weighted by molar-refractivity contribution is 0.599. The first-order chi connectivity index (χ1) is 17.1. The van der Waals surface area contributed by atoms with Gasteiger partial charge in [-0.2, -0.15) is 0 Å². The number of anilines is 4. The molecular weight excluding hydrogens is 452 g/mol. The van der Waals surface area contributed by atoms with Gasteiger partial charge in [-0.05, 0) is 36.4 Å². The van der Waals surface area contributed by atoms with Gasteiger partial charge in [0.25, 0.3) is 0 Å². The fourth-order valence-corrected chi connectivity index (χ4v) is 6.52. The Bertz CT molecular complexity index is 1650. The van der Waals surface area contributed by atoms with Gasteiger partial charge in [0, 0.05) is 33.6 Å². The minimum atomic E-state index is -3.65. The second-order valence-corrected chi connectivity index (χ2v) is 10.2. The molecule has 0 spiro atoms. The molecule has 0 aromatic heterocycles. The molecule has 170 valence electrons. The zero-order chi connectivity index (χ0) is 23.8. The van der Waals surface area contributed by atoms with Gasteiger partial charge in [0.2, 0.25) is 9.84 Å². The van der Waals surface area contributed by atoms with Gasteiger partial charge in [0.15, 0.2) is 0 Å². The molecule has 1 aliphatic heterocycles. The van der Waals surface area contributed by atoms with Crippen LogP contribution >= 0.6 is 0 Å². The van der Waals surface area contributed by atoms with Gasteiger partial charge in [-0.25, -0.2) is 8.42 Å². The minimum Gasteiger partial charge on any atom is -0.354 e. The van der Waals surface area contributed by atoms with Crippen LogP contribution in [-0.4, -0.2) is 8.42 Å². The molecule has 35 heavy (non-hydrogen) atoms. The minimum absolute atomic E-state index is 0.356. The first kappa shape index (κ1) is 21.2. The topological polar surface area (TPSA) is 58.2 Å². The Labute approximate surface area is 204 Å². The molecule has 1 heterocycles. The van der Waals surface area contributed by atoms with Crippen molar-refractivity contribution in [3.05, 3.63) is 121 Å². The number of nitrogens with one attached hydrogen (secondary N) is 2. The molecule has 0 bridgehead atoms. The Morgan fingerprint density at radius 3 is 1.69 bits per heavy atom. The Morgan fingerprint density at radius 2 is 0.971 bits per heavy atom. The number of hydrogen-bond acceptors (Lipinski definition) is 4. The van der Waals surface area contributed by atoms with E-state index in [1.807, 2.05) is 109 Å². The molecule has 0 atom stereocenters. The zero-order valence-corrected chi connectivity index (χ0v) is 19.6. The molecule has 1 aliphatic rings. The number of hydrogen-bond donors (Lipinski definition) is 2. The number of fused-ring (bicyclic) bond motifs is 3. The van der Waals surface area contributed by atoms with Crippen LogP contribution in [-0.2, 0) is 9.84 Å². The maximum atomic E-state index is 13.7. The highest BCUT2D eigenvalue weighted by Crippen LogP contribution is 2.49. The smallest absolute Gasteiger partial charge is 0.208 e. The van der Waals surface area contributed by atoms with E-state index in [0.29, 0.717) is 15.4 Å². The van der Waals surface area contributed by atoms with Crippen molar-refractivity contribution in [3.63, 3.8) is 0 Å². The predicted molar refractivity (Wildman–Crippen MR) is 142 cm³/mol. The Hall–Kier alpha value is -4.35. The van der Waals surface area contributed by atoms with Crippen LogP contribution in [0.2, 0.25) is 0 Å². The van der Waals surface area contributed by atoms with Gasteiger partial charge >= 0.3 is 0 Å². The highest BCUT2D eigenvalue weighted by molar-refractivity contribution is 7.92. The SMILES string of the molecule is O=S1(=O)c2ccccc2-c2cccc(-c3cccc(Nc4ccccc4)c3Nc3ccccc3)c21. The molecule has 0 radical (unpaired) electrons. The van der Waals surface area contributed by atoms with Gasteiger partial charge < -0.3 is 10.6 Å². The fraction of sp³-hybridized carbons (Fsp3) is 0. The lowest BCUT2D eigenvalue weighted by Crippen LogP contribution is -2.03. The van der Waals surface area contributed by atoms with Crippen LogP contribution in [0.4, 0.5) is 22.7 Å². The normalized spacial score (nSPS) is 13.0. The maximum Gasteiger partial charge on any atom is 0.208 e. The van der Waals surface area contributed by atoms with E-state index >= 15 is 0 Å². The van der Waals surface area contributed by atoms with Crippen LogP contribution in [0.15, 0.2) is 131 Å². The van der Waals surface area contributed by atoms with Crippen molar-refractivity contribution in [2.75, 3.05) is 10.6 Å². The Morgan fingerprint density at radius 1 is 0.457 bits per heavy atom. The third kappa shape index (κ3) is 3.66. The van der Waals surface area contributed by atoms with Crippen molar-refractivity contribution in [2.45, 2.75) is 9.79 Å². The van der Waals surface area contributed by atoms with Gasteiger partial charge in [-0.15, -0.1) is 0 Å². The average molecular weight is 475 g/mol. The van der Waals surface area contributed by atoms with E-state index in [0.717, 1.165) is 39.4 Å². The van der Waals surface area contributed by atoms with Crippen LogP contribution in [0.1, 0.15) is 0 Å². The fourth-order valence-electron chi connectivity index (χ4n) is 4.64. The predicted octanol–water partition coefficient (Wildman–Crippen LogP) is 7.65. The molecule has 5 aromatic carbocycles. The molecule has 5 heteroatoms. The molecule has 5 aromatic rings. The summed E-state index contributed by atoms with van der Waals surface area (Å²) in [5.74, 6) is 0. The van der Waals surface area contributed by atoms with Crippen LogP contribution in [0.3, 0.4) is 0 Å². The number of benzene rings is 5. The standard InChI is InChI=1S/C30H22N2O2S/c33-35(34)28-20-8-7-15-23(28)25-17-9-18-26(30(25)35)24-16-10-19-27(31-21-11-3-1-4-12-21)29(24)32-22-13-5-2-6-14-22/h1-20,31-32H. The highest BCUT2D eigenvalue weighted by Gasteiger charge is 2.35. The van der Waals surface area contributed by atoms with E-state index in [2.05, 4.69) is 10.6 Å². The third-order valence-corrected chi connectivity index (χ3v) is 8.11. The van der Waals surface area contributed by atoms with E-state index < -0.39 is 9.84 Å². The quantitative estimate of drug-likeness (QED) is 0.269. The van der Waals surface area contributed by atoms with Crippen molar-refractivity contribution in [1.82, 2.24) is 0 Å². The lowest BCUT2D eigenvalue weighted by Gasteiger charge is -2.20. The van der Waals surface area contributed by atoms with Crippen molar-refractivity contribution in [2.24, 2.45) is 0 Å². The largest absolute Gasteiger partial charge is 0.354 e. The van der Waals surface area contributed by atoms with Gasteiger partial charge in [-0.3, -0.25) is 0 Å². The summed E-state index contributed by atoms with van der Waals surface area (Å²) in [5, 5.41) is 7.04. The van der Waals surface area contributed by atoms with Crippen LogP contribution in [0, 0.1) is 0 Å². The van der Waals surface area contributed by atoms with E-state index in [4.69, 9.17) is 0 Å². The average Bonchev–Trinajstić information content (AvgIpc) is 3.13. The molecule has 0 fully saturated rings. The summed E-state index contributed by atoms with van der Waals surface area (Å²) in [4.78, 5) is 0.716. The first-order valence-electron chi connectivity index (χ1n) is 11.4. The van der Waals surface area contributed by atoms with Crippen molar-refractivity contribution >= 4 is 32.6 Å². The first-order valence-corrected chi connectivity index (χ1v) is 12.9. The van der Waals surface area contributed by atoms with Gasteiger partial charge in [-0.1, -0.05) is 84.9 Å². The Balaban J connectivity index is 1.58. The molecule has 4 nitrogen and oxygen atoms in total. The number of para-hydroxylation sites is 3. The van der Waals surface area contributed by atoms with Crippen LogP contribution < -0.4 is 10.6 Å². The summed E-state index contributed by atoms with van der Waals surface area (Å²) in [6.07, 6.45) is 0. The lowest BCUT2D eigenvalue weighted by atomic mass is 9.97. The molecule has 0 unspecified atom stereocenters. The highest BCUT2D eigenvalue weighted by atomic mass is 32.2. The Kier molecular flexibility index (Phi) is 5.12. The monoisotopic (exact) mass is 474 g/mol. The second-order valence-electron chi connectivity index (χ2n) is 8.39. The molecule has 0 amide bonds. The van der Waals surface area contributed by atoms with Crippen molar-refractivity contribution in [3.8, 4) is 22.3 Å². The second kappa shape index (κ2) is 8.46. The number of rotatable bonds is 5. The summed E-state index contributed by atoms with van der Waals surface area (Å²) in [6.45, 7) is 0. The van der Waals surface area contributed by atoms with Gasteiger partial charge in [0.1, 0.15) is 0 Å². The van der Waals surface area contributed by atoms with E-state index in [-0.39, 0.29) is 0 Å². The van der Waals surface area contributed by atoms with Gasteiger partial charge in [0.05, 0.1) is 21.2 Å². The molecule has 0 aliphatic carbocycles. The number of sulfone groups is 1. The summed E-state index contributed by atoms with van der Waals surface area (Å²) in [5.41, 5.74) is 6.49. The van der Waals surface area contributed by atoms with Crippen LogP contribution in [0.25, 0.3) is 22.3 Å². The molecule has 2 N–H and O–H groups in total. The van der Waals surface area contributed by atoms with Crippen LogP contribution in [0.5, 0.6) is 0 Å². The van der Waals surface area contributed by atoms with E-state index in [9.17, 15) is 8.42 Å². The summed E-state index contributed by atoms with van der Waals surface area (Å²) in [6, 6.07) is 38.6. The molecular formula is C30H22N2O2S.